The zero-order valence-corrected chi connectivity index (χ0v) is 17.0. The molecular weight excluding hydrogens is 396 g/mol. The molecule has 0 bridgehead atoms. The zero-order chi connectivity index (χ0) is 22.0. The molecule has 31 heavy (non-hydrogen) atoms. The smallest absolute Gasteiger partial charge is 0.257 e. The minimum Gasteiger partial charge on any atom is -0.497 e. The van der Waals surface area contributed by atoms with E-state index in [1.54, 1.807) is 71.3 Å². The molecule has 2 aromatic heterocycles. The number of hydrogen-bond acceptors (Lipinski definition) is 6. The third-order valence-electron chi connectivity index (χ3n) is 4.81. The first-order valence-corrected chi connectivity index (χ1v) is 9.42. The molecule has 2 heterocycles. The molecule has 4 rings (SSSR count). The van der Waals surface area contributed by atoms with Crippen LogP contribution in [0.15, 0.2) is 66.9 Å². The first-order chi connectivity index (χ1) is 15.0. The monoisotopic (exact) mass is 416 g/mol. The highest BCUT2D eigenvalue weighted by atomic mass is 16.5. The number of imidazole rings is 1. The van der Waals surface area contributed by atoms with Crippen LogP contribution in [0.25, 0.3) is 5.52 Å². The fourth-order valence-electron chi connectivity index (χ4n) is 3.22. The third kappa shape index (κ3) is 3.78. The Balaban J connectivity index is 1.72. The summed E-state index contributed by atoms with van der Waals surface area (Å²) >= 11 is 0. The van der Waals surface area contributed by atoms with Gasteiger partial charge in [-0.1, -0.05) is 12.1 Å². The van der Waals surface area contributed by atoms with E-state index in [9.17, 15) is 9.59 Å². The normalized spacial score (nSPS) is 10.6. The van der Waals surface area contributed by atoms with Gasteiger partial charge in [0.25, 0.3) is 5.91 Å². The van der Waals surface area contributed by atoms with E-state index in [-0.39, 0.29) is 23.3 Å². The molecule has 8 nitrogen and oxygen atoms in total. The number of nitrogens with zero attached hydrogens (tertiary/aromatic N) is 2. The Bertz CT molecular complexity index is 1300. The van der Waals surface area contributed by atoms with E-state index in [1.165, 1.54) is 14.2 Å². The van der Waals surface area contributed by atoms with E-state index in [1.807, 2.05) is 0 Å². The van der Waals surface area contributed by atoms with Crippen LogP contribution in [-0.4, -0.2) is 35.3 Å². The number of carbonyl (C=O) groups excluding carboxylic acids is 2. The molecule has 4 aromatic rings. The lowest BCUT2D eigenvalue weighted by Crippen LogP contribution is -2.12. The van der Waals surface area contributed by atoms with Crippen molar-refractivity contribution in [1.29, 1.82) is 0 Å². The summed E-state index contributed by atoms with van der Waals surface area (Å²) in [6, 6.07) is 16.9. The maximum Gasteiger partial charge on any atom is 0.257 e. The highest BCUT2D eigenvalue weighted by molar-refractivity contribution is 6.10. The van der Waals surface area contributed by atoms with Gasteiger partial charge < -0.3 is 20.5 Å². The molecule has 0 spiro atoms. The van der Waals surface area contributed by atoms with Crippen LogP contribution in [0.5, 0.6) is 11.5 Å². The number of anilines is 2. The van der Waals surface area contributed by atoms with Gasteiger partial charge in [-0.05, 0) is 48.5 Å². The molecule has 0 radical (unpaired) electrons. The van der Waals surface area contributed by atoms with E-state index in [4.69, 9.17) is 15.2 Å². The van der Waals surface area contributed by atoms with E-state index >= 15 is 0 Å². The van der Waals surface area contributed by atoms with E-state index in [0.717, 1.165) is 0 Å². The van der Waals surface area contributed by atoms with Crippen LogP contribution >= 0.6 is 0 Å². The molecule has 0 saturated carbocycles. The fourth-order valence-corrected chi connectivity index (χ4v) is 3.22. The molecule has 0 aliphatic rings. The Morgan fingerprint density at radius 2 is 1.81 bits per heavy atom. The van der Waals surface area contributed by atoms with Gasteiger partial charge in [0.1, 0.15) is 11.5 Å². The summed E-state index contributed by atoms with van der Waals surface area (Å²) in [6.07, 6.45) is 1.71. The number of carbonyl (C=O) groups is 2. The van der Waals surface area contributed by atoms with Crippen molar-refractivity contribution in [2.75, 3.05) is 25.3 Å². The van der Waals surface area contributed by atoms with Crippen molar-refractivity contribution >= 4 is 28.7 Å². The first kappa shape index (κ1) is 20.0. The lowest BCUT2D eigenvalue weighted by atomic mass is 10.1. The van der Waals surface area contributed by atoms with E-state index in [2.05, 4.69) is 10.3 Å². The molecule has 0 aliphatic heterocycles. The average Bonchev–Trinajstić information content (AvgIpc) is 3.17. The van der Waals surface area contributed by atoms with Crippen molar-refractivity contribution in [3.63, 3.8) is 0 Å². The fraction of sp³-hybridized carbons (Fsp3) is 0.0870. The third-order valence-corrected chi connectivity index (χ3v) is 4.81. The van der Waals surface area contributed by atoms with Crippen LogP contribution in [-0.2, 0) is 0 Å². The van der Waals surface area contributed by atoms with E-state index < -0.39 is 0 Å². The molecule has 2 aromatic carbocycles. The summed E-state index contributed by atoms with van der Waals surface area (Å²) in [4.78, 5) is 30.4. The number of rotatable bonds is 6. The number of pyridine rings is 1. The zero-order valence-electron chi connectivity index (χ0n) is 17.0. The summed E-state index contributed by atoms with van der Waals surface area (Å²) in [6.45, 7) is 0. The number of nitrogens with one attached hydrogen (secondary N) is 1. The standard InChI is InChI=1S/C23H20N4O4/c1-30-16-7-5-6-15(12-16)23(29)26-21-18-8-3-4-11-27(18)22(25-21)20(28)14-9-10-17(24)19(13-14)31-2/h3-13H,24H2,1-2H3,(H,26,29). The lowest BCUT2D eigenvalue weighted by molar-refractivity contribution is 0.101. The SMILES string of the molecule is COc1cccc(C(=O)Nc2nc(C(=O)c3ccc(N)c(OC)c3)n3ccccc23)c1. The molecule has 156 valence electrons. The first-order valence-electron chi connectivity index (χ1n) is 9.42. The highest BCUT2D eigenvalue weighted by Crippen LogP contribution is 2.26. The number of ketones is 1. The quantitative estimate of drug-likeness (QED) is 0.368. The molecule has 0 aliphatic carbocycles. The van der Waals surface area contributed by atoms with Gasteiger partial charge in [0.15, 0.2) is 11.6 Å². The molecular formula is C23H20N4O4. The number of methoxy groups -OCH3 is 2. The second kappa shape index (κ2) is 8.19. The van der Waals surface area contributed by atoms with Crippen molar-refractivity contribution in [2.45, 2.75) is 0 Å². The van der Waals surface area contributed by atoms with Crippen LogP contribution in [0.4, 0.5) is 11.5 Å². The van der Waals surface area contributed by atoms with Crippen LogP contribution in [0.1, 0.15) is 26.5 Å². The Morgan fingerprint density at radius 3 is 2.58 bits per heavy atom. The summed E-state index contributed by atoms with van der Waals surface area (Å²) in [5.74, 6) is 0.702. The summed E-state index contributed by atoms with van der Waals surface area (Å²) in [5, 5.41) is 2.79. The molecule has 0 saturated heterocycles. The van der Waals surface area contributed by atoms with Gasteiger partial charge in [-0.15, -0.1) is 0 Å². The number of nitrogen functional groups attached to an aromatic ring is 1. The molecule has 3 N–H and O–H groups in total. The minimum absolute atomic E-state index is 0.156. The Morgan fingerprint density at radius 1 is 0.968 bits per heavy atom. The van der Waals surface area contributed by atoms with E-state index in [0.29, 0.717) is 33.8 Å². The van der Waals surface area contributed by atoms with Gasteiger partial charge in [0.2, 0.25) is 5.78 Å². The van der Waals surface area contributed by atoms with Crippen molar-refractivity contribution in [3.05, 3.63) is 83.8 Å². The summed E-state index contributed by atoms with van der Waals surface area (Å²) in [7, 11) is 3.01. The molecule has 1 amide bonds. The summed E-state index contributed by atoms with van der Waals surface area (Å²) < 4.78 is 12.0. The van der Waals surface area contributed by atoms with Crippen LogP contribution in [0.3, 0.4) is 0 Å². The van der Waals surface area contributed by atoms with Crippen LogP contribution < -0.4 is 20.5 Å². The number of hydrogen-bond donors (Lipinski definition) is 2. The lowest BCUT2D eigenvalue weighted by Gasteiger charge is -2.06. The second-order valence-electron chi connectivity index (χ2n) is 6.71. The predicted molar refractivity (Wildman–Crippen MR) is 117 cm³/mol. The number of aromatic nitrogens is 2. The molecule has 0 fully saturated rings. The summed E-state index contributed by atoms with van der Waals surface area (Å²) in [5.41, 5.74) is 7.64. The minimum atomic E-state index is -0.365. The number of amides is 1. The number of fused-ring (bicyclic) bond motifs is 1. The van der Waals surface area contributed by atoms with Gasteiger partial charge in [-0.25, -0.2) is 4.98 Å². The van der Waals surface area contributed by atoms with Crippen molar-refractivity contribution in [3.8, 4) is 11.5 Å². The van der Waals surface area contributed by atoms with Crippen LogP contribution in [0, 0.1) is 0 Å². The van der Waals surface area contributed by atoms with Gasteiger partial charge in [0.05, 0.1) is 25.4 Å². The van der Waals surface area contributed by atoms with Gasteiger partial charge >= 0.3 is 0 Å². The van der Waals surface area contributed by atoms with Gasteiger partial charge in [-0.2, -0.15) is 0 Å². The predicted octanol–water partition coefficient (Wildman–Crippen LogP) is 3.42. The van der Waals surface area contributed by atoms with Gasteiger partial charge in [0, 0.05) is 17.3 Å². The van der Waals surface area contributed by atoms with Crippen molar-refractivity contribution in [1.82, 2.24) is 9.38 Å². The number of nitrogens with two attached hydrogens (primary N) is 1. The average molecular weight is 416 g/mol. The van der Waals surface area contributed by atoms with Crippen LogP contribution in [0.2, 0.25) is 0 Å². The number of benzene rings is 2. The Kier molecular flexibility index (Phi) is 5.28. The highest BCUT2D eigenvalue weighted by Gasteiger charge is 2.21. The second-order valence-corrected chi connectivity index (χ2v) is 6.71. The maximum atomic E-state index is 13.2. The molecule has 8 heteroatoms. The Labute approximate surface area is 178 Å². The number of ether oxygens (including phenoxy) is 2. The van der Waals surface area contributed by atoms with Crippen molar-refractivity contribution in [2.24, 2.45) is 0 Å². The Hall–Kier alpha value is -4.33. The molecule has 0 atom stereocenters. The van der Waals surface area contributed by atoms with Crippen molar-refractivity contribution < 1.29 is 19.1 Å². The molecule has 0 unspecified atom stereocenters. The topological polar surface area (TPSA) is 108 Å². The largest absolute Gasteiger partial charge is 0.497 e. The maximum absolute atomic E-state index is 13.2. The van der Waals surface area contributed by atoms with Gasteiger partial charge in [-0.3, -0.25) is 14.0 Å².